The van der Waals surface area contributed by atoms with Crippen LogP contribution in [-0.2, 0) is 0 Å². The molecule has 1 aliphatic carbocycles. The first-order valence-electron chi connectivity index (χ1n) is 7.49. The Morgan fingerprint density at radius 2 is 1.90 bits per heavy atom. The first kappa shape index (κ1) is 16.3. The molecule has 1 saturated carbocycles. The predicted octanol–water partition coefficient (Wildman–Crippen LogP) is 2.98. The van der Waals surface area contributed by atoms with Gasteiger partial charge in [0.2, 0.25) is 0 Å². The Morgan fingerprint density at radius 1 is 1.29 bits per heavy atom. The number of halogens is 2. The fourth-order valence-corrected chi connectivity index (χ4v) is 3.53. The Balaban J connectivity index is 2.41. The molecule has 1 unspecified atom stereocenters. The monoisotopic (exact) mass is 297 g/mol. The van der Waals surface area contributed by atoms with Crippen LogP contribution in [0.5, 0.6) is 0 Å². The van der Waals surface area contributed by atoms with Crippen LogP contribution in [0.3, 0.4) is 0 Å². The standard InChI is InChI=1S/C16H25F2N3/c1-11-6-8-16(9-7-11,21(2)3)15(20-19)13-5-4-12(17)10-14(13)18/h4-5,10-11,15,20H,6-9,19H2,1-3H3. The lowest BCUT2D eigenvalue weighted by atomic mass is 9.70. The van der Waals surface area contributed by atoms with E-state index in [0.717, 1.165) is 31.7 Å². The van der Waals surface area contributed by atoms with E-state index in [4.69, 9.17) is 5.84 Å². The molecule has 0 aliphatic heterocycles. The van der Waals surface area contributed by atoms with Crippen LogP contribution < -0.4 is 11.3 Å². The summed E-state index contributed by atoms with van der Waals surface area (Å²) < 4.78 is 27.4. The van der Waals surface area contributed by atoms with Gasteiger partial charge in [-0.15, -0.1) is 0 Å². The summed E-state index contributed by atoms with van der Waals surface area (Å²) >= 11 is 0. The lowest BCUT2D eigenvalue weighted by Gasteiger charge is -2.49. The highest BCUT2D eigenvalue weighted by atomic mass is 19.1. The van der Waals surface area contributed by atoms with Crippen LogP contribution >= 0.6 is 0 Å². The van der Waals surface area contributed by atoms with Crippen LogP contribution in [0.25, 0.3) is 0 Å². The molecule has 1 aromatic rings. The fraction of sp³-hybridized carbons (Fsp3) is 0.625. The van der Waals surface area contributed by atoms with Gasteiger partial charge in [-0.1, -0.05) is 13.0 Å². The molecule has 1 aliphatic rings. The summed E-state index contributed by atoms with van der Waals surface area (Å²) in [7, 11) is 4.00. The van der Waals surface area contributed by atoms with Crippen molar-refractivity contribution in [2.24, 2.45) is 11.8 Å². The Bertz CT molecular complexity index is 482. The van der Waals surface area contributed by atoms with E-state index in [1.165, 1.54) is 12.1 Å². The molecule has 0 aromatic heterocycles. The zero-order valence-corrected chi connectivity index (χ0v) is 13.0. The number of nitrogens with two attached hydrogens (primary N) is 1. The van der Waals surface area contributed by atoms with Crippen molar-refractivity contribution in [2.75, 3.05) is 14.1 Å². The minimum absolute atomic E-state index is 0.250. The minimum Gasteiger partial charge on any atom is -0.302 e. The molecule has 5 heteroatoms. The molecule has 0 spiro atoms. The number of hydrogen-bond acceptors (Lipinski definition) is 3. The zero-order valence-electron chi connectivity index (χ0n) is 13.0. The molecule has 118 valence electrons. The number of rotatable bonds is 4. The van der Waals surface area contributed by atoms with E-state index in [9.17, 15) is 8.78 Å². The van der Waals surface area contributed by atoms with Gasteiger partial charge in [0, 0.05) is 17.2 Å². The van der Waals surface area contributed by atoms with Crippen molar-refractivity contribution in [3.05, 3.63) is 35.4 Å². The Labute approximate surface area is 125 Å². The molecule has 0 heterocycles. The number of hydrazine groups is 1. The van der Waals surface area contributed by atoms with Gasteiger partial charge in [-0.3, -0.25) is 11.3 Å². The average Bonchev–Trinajstić information content (AvgIpc) is 2.43. The SMILES string of the molecule is CC1CCC(C(NN)c2ccc(F)cc2F)(N(C)C)CC1. The van der Waals surface area contributed by atoms with Crippen molar-refractivity contribution in [3.63, 3.8) is 0 Å². The van der Waals surface area contributed by atoms with Crippen molar-refractivity contribution < 1.29 is 8.78 Å². The molecule has 1 atom stereocenters. The number of nitrogens with zero attached hydrogens (tertiary/aromatic N) is 1. The summed E-state index contributed by atoms with van der Waals surface area (Å²) in [6.07, 6.45) is 4.04. The first-order valence-corrected chi connectivity index (χ1v) is 7.49. The summed E-state index contributed by atoms with van der Waals surface area (Å²) in [5, 5.41) is 0. The Kier molecular flexibility index (Phi) is 4.96. The topological polar surface area (TPSA) is 41.3 Å². The molecule has 3 N–H and O–H groups in total. The van der Waals surface area contributed by atoms with Crippen LogP contribution in [0.15, 0.2) is 18.2 Å². The van der Waals surface area contributed by atoms with E-state index in [0.29, 0.717) is 11.5 Å². The summed E-state index contributed by atoms with van der Waals surface area (Å²) in [5.41, 5.74) is 2.96. The zero-order chi connectivity index (χ0) is 15.6. The van der Waals surface area contributed by atoms with Crippen molar-refractivity contribution in [2.45, 2.75) is 44.2 Å². The summed E-state index contributed by atoms with van der Waals surface area (Å²) in [4.78, 5) is 2.13. The highest BCUT2D eigenvalue weighted by Crippen LogP contribution is 2.43. The van der Waals surface area contributed by atoms with Crippen LogP contribution in [0, 0.1) is 17.6 Å². The van der Waals surface area contributed by atoms with E-state index in [1.807, 2.05) is 14.1 Å². The lowest BCUT2D eigenvalue weighted by molar-refractivity contribution is 0.0416. The van der Waals surface area contributed by atoms with Gasteiger partial charge in [0.1, 0.15) is 11.6 Å². The van der Waals surface area contributed by atoms with Gasteiger partial charge in [-0.2, -0.15) is 0 Å². The average molecular weight is 297 g/mol. The smallest absolute Gasteiger partial charge is 0.131 e. The maximum absolute atomic E-state index is 14.2. The van der Waals surface area contributed by atoms with Crippen molar-refractivity contribution in [1.82, 2.24) is 10.3 Å². The normalized spacial score (nSPS) is 27.9. The molecule has 3 nitrogen and oxygen atoms in total. The summed E-state index contributed by atoms with van der Waals surface area (Å²) in [6.45, 7) is 2.24. The maximum Gasteiger partial charge on any atom is 0.131 e. The lowest BCUT2D eigenvalue weighted by Crippen LogP contribution is -2.57. The van der Waals surface area contributed by atoms with Gasteiger partial charge < -0.3 is 4.90 Å². The molecule has 0 amide bonds. The van der Waals surface area contributed by atoms with Gasteiger partial charge in [0.05, 0.1) is 6.04 Å². The second-order valence-corrected chi connectivity index (χ2v) is 6.45. The fourth-order valence-electron chi connectivity index (χ4n) is 3.53. The van der Waals surface area contributed by atoms with Crippen LogP contribution in [0.2, 0.25) is 0 Å². The van der Waals surface area contributed by atoms with Gasteiger partial charge in [0.25, 0.3) is 0 Å². The number of nitrogens with one attached hydrogen (secondary N) is 1. The maximum atomic E-state index is 14.2. The third-order valence-electron chi connectivity index (χ3n) is 5.01. The van der Waals surface area contributed by atoms with E-state index in [2.05, 4.69) is 17.2 Å². The van der Waals surface area contributed by atoms with E-state index in [-0.39, 0.29) is 11.6 Å². The van der Waals surface area contributed by atoms with Crippen LogP contribution in [-0.4, -0.2) is 24.5 Å². The molecular formula is C16H25F2N3. The molecule has 21 heavy (non-hydrogen) atoms. The molecule has 0 radical (unpaired) electrons. The first-order chi connectivity index (χ1) is 9.90. The Hall–Kier alpha value is -1.04. The van der Waals surface area contributed by atoms with Crippen molar-refractivity contribution in [3.8, 4) is 0 Å². The molecule has 1 aromatic carbocycles. The van der Waals surface area contributed by atoms with Gasteiger partial charge in [0.15, 0.2) is 0 Å². The minimum atomic E-state index is -0.566. The van der Waals surface area contributed by atoms with E-state index in [1.54, 1.807) is 0 Å². The molecule has 1 fully saturated rings. The summed E-state index contributed by atoms with van der Waals surface area (Å²) in [6, 6.07) is 3.35. The Morgan fingerprint density at radius 3 is 2.38 bits per heavy atom. The van der Waals surface area contributed by atoms with Crippen molar-refractivity contribution >= 4 is 0 Å². The molecule has 0 bridgehead atoms. The van der Waals surface area contributed by atoms with Crippen molar-refractivity contribution in [1.29, 1.82) is 0 Å². The highest BCUT2D eigenvalue weighted by molar-refractivity contribution is 5.26. The largest absolute Gasteiger partial charge is 0.302 e. The van der Waals surface area contributed by atoms with E-state index >= 15 is 0 Å². The number of hydrogen-bond donors (Lipinski definition) is 2. The van der Waals surface area contributed by atoms with Crippen LogP contribution in [0.1, 0.15) is 44.2 Å². The third-order valence-corrected chi connectivity index (χ3v) is 5.01. The number of likely N-dealkylation sites (N-methyl/N-ethyl adjacent to an activating group) is 1. The number of benzene rings is 1. The predicted molar refractivity (Wildman–Crippen MR) is 80.5 cm³/mol. The quantitative estimate of drug-likeness (QED) is 0.663. The molecule has 2 rings (SSSR count). The van der Waals surface area contributed by atoms with Gasteiger partial charge in [-0.25, -0.2) is 8.78 Å². The third kappa shape index (κ3) is 3.10. The summed E-state index contributed by atoms with van der Waals surface area (Å²) in [5.74, 6) is 5.33. The van der Waals surface area contributed by atoms with Gasteiger partial charge >= 0.3 is 0 Å². The van der Waals surface area contributed by atoms with Crippen LogP contribution in [0.4, 0.5) is 8.78 Å². The van der Waals surface area contributed by atoms with Gasteiger partial charge in [-0.05, 0) is 51.8 Å². The second-order valence-electron chi connectivity index (χ2n) is 6.45. The van der Waals surface area contributed by atoms with E-state index < -0.39 is 11.6 Å². The molecular weight excluding hydrogens is 272 g/mol. The second kappa shape index (κ2) is 6.38. The highest BCUT2D eigenvalue weighted by Gasteiger charge is 2.44. The molecule has 0 saturated heterocycles.